The van der Waals surface area contributed by atoms with Crippen LogP contribution in [0.4, 0.5) is 5.82 Å². The number of H-pyrrole nitrogens is 1. The van der Waals surface area contributed by atoms with Crippen LogP contribution in [0.3, 0.4) is 0 Å². The smallest absolute Gasteiger partial charge is 0.158 e. The van der Waals surface area contributed by atoms with Crippen molar-refractivity contribution in [3.05, 3.63) is 41.5 Å². The second-order valence-corrected chi connectivity index (χ2v) is 6.25. The minimum absolute atomic E-state index is 0.502. The van der Waals surface area contributed by atoms with Gasteiger partial charge >= 0.3 is 0 Å². The second kappa shape index (κ2) is 6.22. The zero-order valence-corrected chi connectivity index (χ0v) is 13.7. The number of anilines is 1. The highest BCUT2D eigenvalue weighted by molar-refractivity contribution is 5.90. The molecule has 0 aliphatic carbocycles. The lowest BCUT2D eigenvalue weighted by molar-refractivity contribution is 0.0342. The maximum atomic E-state index is 5.90. The molecule has 1 aromatic carbocycles. The van der Waals surface area contributed by atoms with Crippen LogP contribution < -0.4 is 5.73 Å². The maximum Gasteiger partial charge on any atom is 0.158 e. The maximum absolute atomic E-state index is 5.90. The van der Waals surface area contributed by atoms with E-state index in [0.29, 0.717) is 5.82 Å². The van der Waals surface area contributed by atoms with Gasteiger partial charge in [-0.1, -0.05) is 18.2 Å². The first kappa shape index (κ1) is 15.1. The van der Waals surface area contributed by atoms with Crippen molar-refractivity contribution in [2.75, 3.05) is 32.0 Å². The molecule has 2 aromatic heterocycles. The highest BCUT2D eigenvalue weighted by atomic mass is 16.5. The van der Waals surface area contributed by atoms with E-state index < -0.39 is 0 Å². The van der Waals surface area contributed by atoms with Crippen molar-refractivity contribution in [2.24, 2.45) is 0 Å². The minimum atomic E-state index is 0.502. The number of pyridine rings is 1. The van der Waals surface area contributed by atoms with Gasteiger partial charge in [-0.2, -0.15) is 5.10 Å². The van der Waals surface area contributed by atoms with Crippen molar-refractivity contribution in [1.29, 1.82) is 0 Å². The Labute approximate surface area is 140 Å². The monoisotopic (exact) mass is 323 g/mol. The lowest BCUT2D eigenvalue weighted by Gasteiger charge is -2.26. The van der Waals surface area contributed by atoms with Crippen LogP contribution in [0.15, 0.2) is 30.3 Å². The molecule has 3 aromatic rings. The number of aryl methyl sites for hydroxylation is 1. The predicted molar refractivity (Wildman–Crippen MR) is 94.6 cm³/mol. The molecular weight excluding hydrogens is 302 g/mol. The van der Waals surface area contributed by atoms with Gasteiger partial charge in [-0.05, 0) is 30.2 Å². The highest BCUT2D eigenvalue weighted by Gasteiger charge is 2.13. The number of rotatable bonds is 3. The van der Waals surface area contributed by atoms with Crippen molar-refractivity contribution >= 4 is 16.9 Å². The Kier molecular flexibility index (Phi) is 3.92. The number of hydrogen-bond donors (Lipinski definition) is 2. The number of benzene rings is 1. The Morgan fingerprint density at radius 3 is 2.92 bits per heavy atom. The summed E-state index contributed by atoms with van der Waals surface area (Å²) >= 11 is 0. The van der Waals surface area contributed by atoms with Crippen LogP contribution in [0.5, 0.6) is 0 Å². The number of nitrogen functional groups attached to an aromatic ring is 1. The van der Waals surface area contributed by atoms with Gasteiger partial charge in [-0.3, -0.25) is 10.00 Å². The van der Waals surface area contributed by atoms with Crippen molar-refractivity contribution in [3.63, 3.8) is 0 Å². The van der Waals surface area contributed by atoms with Gasteiger partial charge in [0.25, 0.3) is 0 Å². The van der Waals surface area contributed by atoms with E-state index in [1.54, 1.807) is 0 Å². The molecule has 0 spiro atoms. The lowest BCUT2D eigenvalue weighted by atomic mass is 10.0. The molecule has 1 fully saturated rings. The molecule has 0 bridgehead atoms. The van der Waals surface area contributed by atoms with Gasteiger partial charge < -0.3 is 10.5 Å². The molecule has 1 saturated heterocycles. The molecule has 3 heterocycles. The number of ether oxygens (including phenoxy) is 1. The Hall–Kier alpha value is -2.44. The van der Waals surface area contributed by atoms with E-state index in [-0.39, 0.29) is 0 Å². The van der Waals surface area contributed by atoms with Crippen LogP contribution in [0, 0.1) is 6.92 Å². The van der Waals surface area contributed by atoms with Crippen molar-refractivity contribution in [1.82, 2.24) is 20.1 Å². The fraction of sp³-hybridized carbons (Fsp3) is 0.333. The largest absolute Gasteiger partial charge is 0.382 e. The van der Waals surface area contributed by atoms with Crippen LogP contribution in [-0.2, 0) is 11.3 Å². The van der Waals surface area contributed by atoms with E-state index in [1.165, 1.54) is 5.56 Å². The summed E-state index contributed by atoms with van der Waals surface area (Å²) < 4.78 is 5.42. The SMILES string of the molecule is Cc1cc(-c2cccc(CN3CCOCC3)c2)nc2[nH]nc(N)c12. The van der Waals surface area contributed by atoms with Crippen LogP contribution in [0.25, 0.3) is 22.3 Å². The van der Waals surface area contributed by atoms with Gasteiger partial charge in [0.2, 0.25) is 0 Å². The number of morpholine rings is 1. The molecule has 0 unspecified atom stereocenters. The number of aromatic nitrogens is 3. The van der Waals surface area contributed by atoms with Crippen LogP contribution in [-0.4, -0.2) is 46.4 Å². The Balaban J connectivity index is 1.65. The van der Waals surface area contributed by atoms with Crippen molar-refractivity contribution < 1.29 is 4.74 Å². The summed E-state index contributed by atoms with van der Waals surface area (Å²) in [5.41, 5.74) is 11.1. The first-order valence-electron chi connectivity index (χ1n) is 8.21. The average molecular weight is 323 g/mol. The third-order valence-corrected chi connectivity index (χ3v) is 4.49. The van der Waals surface area contributed by atoms with Crippen LogP contribution in [0.2, 0.25) is 0 Å². The van der Waals surface area contributed by atoms with E-state index in [1.807, 2.05) is 6.92 Å². The summed E-state index contributed by atoms with van der Waals surface area (Å²) in [6.07, 6.45) is 0. The highest BCUT2D eigenvalue weighted by Crippen LogP contribution is 2.27. The normalized spacial score (nSPS) is 15.9. The van der Waals surface area contributed by atoms with Crippen molar-refractivity contribution in [2.45, 2.75) is 13.5 Å². The summed E-state index contributed by atoms with van der Waals surface area (Å²) in [7, 11) is 0. The summed E-state index contributed by atoms with van der Waals surface area (Å²) in [6.45, 7) is 6.59. The molecular formula is C18H21N5O. The second-order valence-electron chi connectivity index (χ2n) is 6.25. The molecule has 6 heteroatoms. The first-order valence-corrected chi connectivity index (χ1v) is 8.21. The van der Waals surface area contributed by atoms with E-state index >= 15 is 0 Å². The number of fused-ring (bicyclic) bond motifs is 1. The van der Waals surface area contributed by atoms with Gasteiger partial charge in [0.15, 0.2) is 11.5 Å². The molecule has 1 aliphatic rings. The first-order chi connectivity index (χ1) is 11.7. The van der Waals surface area contributed by atoms with Crippen LogP contribution >= 0.6 is 0 Å². The molecule has 4 rings (SSSR count). The number of aromatic amines is 1. The fourth-order valence-corrected chi connectivity index (χ4v) is 3.24. The Morgan fingerprint density at radius 1 is 1.25 bits per heavy atom. The minimum Gasteiger partial charge on any atom is -0.382 e. The lowest BCUT2D eigenvalue weighted by Crippen LogP contribution is -2.35. The topological polar surface area (TPSA) is 80.1 Å². The van der Waals surface area contributed by atoms with Gasteiger partial charge in [0.1, 0.15) is 0 Å². The number of hydrogen-bond acceptors (Lipinski definition) is 5. The molecule has 124 valence electrons. The molecule has 0 saturated carbocycles. The zero-order chi connectivity index (χ0) is 16.5. The molecule has 0 amide bonds. The third kappa shape index (κ3) is 2.86. The van der Waals surface area contributed by atoms with Gasteiger partial charge in [-0.25, -0.2) is 4.98 Å². The molecule has 0 atom stereocenters. The Bertz CT molecular complexity index is 867. The van der Waals surface area contributed by atoms with Crippen molar-refractivity contribution in [3.8, 4) is 11.3 Å². The van der Waals surface area contributed by atoms with E-state index in [9.17, 15) is 0 Å². The summed E-state index contributed by atoms with van der Waals surface area (Å²) in [4.78, 5) is 7.10. The van der Waals surface area contributed by atoms with Crippen LogP contribution in [0.1, 0.15) is 11.1 Å². The average Bonchev–Trinajstić information content (AvgIpc) is 2.98. The number of nitrogens with one attached hydrogen (secondary N) is 1. The molecule has 24 heavy (non-hydrogen) atoms. The zero-order valence-electron chi connectivity index (χ0n) is 13.7. The summed E-state index contributed by atoms with van der Waals surface area (Å²) in [5, 5.41) is 7.87. The van der Waals surface area contributed by atoms with E-state index in [4.69, 9.17) is 10.5 Å². The Morgan fingerprint density at radius 2 is 2.08 bits per heavy atom. The van der Waals surface area contributed by atoms with Gasteiger partial charge in [0, 0.05) is 25.2 Å². The van der Waals surface area contributed by atoms with E-state index in [0.717, 1.165) is 60.7 Å². The third-order valence-electron chi connectivity index (χ3n) is 4.49. The summed E-state index contributed by atoms with van der Waals surface area (Å²) in [6, 6.07) is 10.6. The fourth-order valence-electron chi connectivity index (χ4n) is 3.24. The molecule has 1 aliphatic heterocycles. The molecule has 3 N–H and O–H groups in total. The molecule has 0 radical (unpaired) electrons. The number of nitrogens with zero attached hydrogens (tertiary/aromatic N) is 3. The van der Waals surface area contributed by atoms with Gasteiger partial charge in [-0.15, -0.1) is 0 Å². The van der Waals surface area contributed by atoms with Gasteiger partial charge in [0.05, 0.1) is 24.3 Å². The number of nitrogens with two attached hydrogens (primary N) is 1. The van der Waals surface area contributed by atoms with E-state index in [2.05, 4.69) is 50.4 Å². The standard InChI is InChI=1S/C18H21N5O/c1-12-9-15(20-18-16(12)17(19)21-22-18)14-4-2-3-13(10-14)11-23-5-7-24-8-6-23/h2-4,9-10H,5-8,11H2,1H3,(H3,19,20,21,22). The summed E-state index contributed by atoms with van der Waals surface area (Å²) in [5.74, 6) is 0.502. The predicted octanol–water partition coefficient (Wildman–Crippen LogP) is 2.35. The molecule has 6 nitrogen and oxygen atoms in total. The quantitative estimate of drug-likeness (QED) is 0.773.